The van der Waals surface area contributed by atoms with Gasteiger partial charge in [0.25, 0.3) is 0 Å². The second kappa shape index (κ2) is 5.80. The number of hydrogen-bond acceptors (Lipinski definition) is 4. The number of nitrogens with one attached hydrogen (secondary N) is 1. The van der Waals surface area contributed by atoms with E-state index in [1.807, 2.05) is 0 Å². The van der Waals surface area contributed by atoms with Crippen molar-refractivity contribution in [1.29, 1.82) is 0 Å². The summed E-state index contributed by atoms with van der Waals surface area (Å²) in [6.45, 7) is 8.40. The van der Waals surface area contributed by atoms with Crippen LogP contribution in [0.2, 0.25) is 0 Å². The minimum absolute atomic E-state index is 0.0260. The molecule has 0 aliphatic heterocycles. The number of hydrogen-bond donors (Lipinski definition) is 1. The smallest absolute Gasteiger partial charge is 0.235 e. The van der Waals surface area contributed by atoms with E-state index in [-0.39, 0.29) is 5.41 Å². The number of methoxy groups -OCH3 is 1. The Hall–Kier alpha value is -1.16. The highest BCUT2D eigenvalue weighted by molar-refractivity contribution is 5.25. The average Bonchev–Trinajstić information content (AvgIpc) is 2.29. The molecule has 0 aliphatic carbocycles. The van der Waals surface area contributed by atoms with Gasteiger partial charge in [0, 0.05) is 17.8 Å². The Kier molecular flexibility index (Phi) is 4.68. The van der Waals surface area contributed by atoms with E-state index in [4.69, 9.17) is 4.74 Å². The molecular weight excluding hydrogens is 202 g/mol. The summed E-state index contributed by atoms with van der Waals surface area (Å²) < 4.78 is 5.24. The van der Waals surface area contributed by atoms with Crippen LogP contribution in [0.25, 0.3) is 0 Å². The number of ether oxygens (including phenoxy) is 1. The van der Waals surface area contributed by atoms with Gasteiger partial charge in [-0.25, -0.2) is 4.98 Å². The summed E-state index contributed by atoms with van der Waals surface area (Å²) in [6.07, 6.45) is 4.38. The Morgan fingerprint density at radius 3 is 2.62 bits per heavy atom. The summed E-state index contributed by atoms with van der Waals surface area (Å²) in [6, 6.07) is 0. The van der Waals surface area contributed by atoms with Crippen LogP contribution in [0.4, 0.5) is 0 Å². The molecule has 16 heavy (non-hydrogen) atoms. The first-order chi connectivity index (χ1) is 7.61. The molecule has 0 aliphatic rings. The monoisotopic (exact) mass is 223 g/mol. The van der Waals surface area contributed by atoms with Gasteiger partial charge in [-0.2, -0.15) is 0 Å². The molecule has 0 amide bonds. The standard InChI is InChI=1S/C12H21N3O/c1-5-13-7-6-12(2,3)10-11(16-4)15-9-8-14-10/h8-9,13H,5-7H2,1-4H3. The van der Waals surface area contributed by atoms with Gasteiger partial charge in [-0.3, -0.25) is 4.98 Å². The molecule has 0 saturated carbocycles. The predicted molar refractivity (Wildman–Crippen MR) is 64.8 cm³/mol. The van der Waals surface area contributed by atoms with Gasteiger partial charge >= 0.3 is 0 Å². The van der Waals surface area contributed by atoms with Crippen molar-refractivity contribution in [1.82, 2.24) is 15.3 Å². The molecule has 1 heterocycles. The summed E-state index contributed by atoms with van der Waals surface area (Å²) in [4.78, 5) is 8.57. The molecule has 1 aromatic rings. The normalized spacial score (nSPS) is 11.5. The van der Waals surface area contributed by atoms with E-state index in [0.717, 1.165) is 25.2 Å². The Morgan fingerprint density at radius 1 is 1.31 bits per heavy atom. The molecule has 0 saturated heterocycles. The molecule has 1 N–H and O–H groups in total. The van der Waals surface area contributed by atoms with Crippen molar-refractivity contribution in [2.24, 2.45) is 0 Å². The third-order valence-corrected chi connectivity index (χ3v) is 2.68. The van der Waals surface area contributed by atoms with E-state index in [2.05, 4.69) is 36.1 Å². The van der Waals surface area contributed by atoms with Gasteiger partial charge < -0.3 is 10.1 Å². The van der Waals surface area contributed by atoms with E-state index in [0.29, 0.717) is 5.88 Å². The Morgan fingerprint density at radius 2 is 2.00 bits per heavy atom. The molecule has 0 radical (unpaired) electrons. The summed E-state index contributed by atoms with van der Waals surface area (Å²) in [5.41, 5.74) is 0.900. The molecule has 4 heteroatoms. The molecule has 0 aromatic carbocycles. The van der Waals surface area contributed by atoms with Gasteiger partial charge in [0.15, 0.2) is 0 Å². The predicted octanol–water partition coefficient (Wildman–Crippen LogP) is 1.76. The zero-order chi connectivity index (χ0) is 12.0. The fourth-order valence-electron chi connectivity index (χ4n) is 1.63. The lowest BCUT2D eigenvalue weighted by Crippen LogP contribution is -2.27. The maximum Gasteiger partial charge on any atom is 0.235 e. The SMILES string of the molecule is CCNCCC(C)(C)c1nccnc1OC. The van der Waals surface area contributed by atoms with E-state index in [1.165, 1.54) is 0 Å². The van der Waals surface area contributed by atoms with Crippen LogP contribution in [0, 0.1) is 0 Å². The average molecular weight is 223 g/mol. The van der Waals surface area contributed by atoms with E-state index < -0.39 is 0 Å². The zero-order valence-electron chi connectivity index (χ0n) is 10.6. The molecule has 1 aromatic heterocycles. The Bertz CT molecular complexity index is 326. The van der Waals surface area contributed by atoms with E-state index in [1.54, 1.807) is 19.5 Å². The van der Waals surface area contributed by atoms with Crippen LogP contribution in [0.1, 0.15) is 32.9 Å². The molecule has 1 rings (SSSR count). The van der Waals surface area contributed by atoms with Crippen molar-refractivity contribution < 1.29 is 4.74 Å². The first-order valence-electron chi connectivity index (χ1n) is 5.68. The van der Waals surface area contributed by atoms with Crippen LogP contribution in [0.15, 0.2) is 12.4 Å². The topological polar surface area (TPSA) is 47.0 Å². The first kappa shape index (κ1) is 12.9. The lowest BCUT2D eigenvalue weighted by atomic mass is 9.85. The molecular formula is C12H21N3O. The van der Waals surface area contributed by atoms with Gasteiger partial charge in [-0.1, -0.05) is 20.8 Å². The maximum absolute atomic E-state index is 5.24. The Labute approximate surface area is 97.5 Å². The van der Waals surface area contributed by atoms with Crippen molar-refractivity contribution in [3.63, 3.8) is 0 Å². The second-order valence-electron chi connectivity index (χ2n) is 4.40. The number of aromatic nitrogens is 2. The molecule has 0 unspecified atom stereocenters. The van der Waals surface area contributed by atoms with Crippen molar-refractivity contribution in [2.45, 2.75) is 32.6 Å². The fourth-order valence-corrected chi connectivity index (χ4v) is 1.63. The molecule has 0 spiro atoms. The third kappa shape index (κ3) is 3.17. The highest BCUT2D eigenvalue weighted by Gasteiger charge is 2.26. The molecule has 0 fully saturated rings. The van der Waals surface area contributed by atoms with Crippen molar-refractivity contribution in [3.05, 3.63) is 18.1 Å². The first-order valence-corrected chi connectivity index (χ1v) is 5.68. The molecule has 90 valence electrons. The fraction of sp³-hybridized carbons (Fsp3) is 0.667. The van der Waals surface area contributed by atoms with Crippen molar-refractivity contribution in [2.75, 3.05) is 20.2 Å². The zero-order valence-corrected chi connectivity index (χ0v) is 10.6. The van der Waals surface area contributed by atoms with Gasteiger partial charge in [0.05, 0.1) is 7.11 Å². The number of rotatable bonds is 6. The summed E-state index contributed by atoms with van der Waals surface area (Å²) in [7, 11) is 1.63. The summed E-state index contributed by atoms with van der Waals surface area (Å²) in [5, 5.41) is 3.32. The molecule has 0 atom stereocenters. The van der Waals surface area contributed by atoms with Gasteiger partial charge in [-0.05, 0) is 19.5 Å². The largest absolute Gasteiger partial charge is 0.480 e. The van der Waals surface area contributed by atoms with Crippen LogP contribution in [0.3, 0.4) is 0 Å². The van der Waals surface area contributed by atoms with Gasteiger partial charge in [0.2, 0.25) is 5.88 Å². The van der Waals surface area contributed by atoms with E-state index >= 15 is 0 Å². The van der Waals surface area contributed by atoms with Gasteiger partial charge in [0.1, 0.15) is 5.69 Å². The summed E-state index contributed by atoms with van der Waals surface area (Å²) >= 11 is 0. The second-order valence-corrected chi connectivity index (χ2v) is 4.40. The third-order valence-electron chi connectivity index (χ3n) is 2.68. The quantitative estimate of drug-likeness (QED) is 0.747. The highest BCUT2D eigenvalue weighted by atomic mass is 16.5. The van der Waals surface area contributed by atoms with Crippen LogP contribution in [-0.2, 0) is 5.41 Å². The van der Waals surface area contributed by atoms with Crippen molar-refractivity contribution >= 4 is 0 Å². The lowest BCUT2D eigenvalue weighted by Gasteiger charge is -2.25. The van der Waals surface area contributed by atoms with Crippen LogP contribution in [-0.4, -0.2) is 30.2 Å². The van der Waals surface area contributed by atoms with Crippen LogP contribution < -0.4 is 10.1 Å². The van der Waals surface area contributed by atoms with Crippen molar-refractivity contribution in [3.8, 4) is 5.88 Å². The summed E-state index contributed by atoms with van der Waals surface area (Å²) in [5.74, 6) is 0.629. The van der Waals surface area contributed by atoms with Gasteiger partial charge in [-0.15, -0.1) is 0 Å². The van der Waals surface area contributed by atoms with E-state index in [9.17, 15) is 0 Å². The van der Waals surface area contributed by atoms with Crippen LogP contribution in [0.5, 0.6) is 5.88 Å². The molecule has 0 bridgehead atoms. The molecule has 4 nitrogen and oxygen atoms in total. The minimum atomic E-state index is -0.0260. The van der Waals surface area contributed by atoms with Crippen LogP contribution >= 0.6 is 0 Å². The number of nitrogens with zero attached hydrogens (tertiary/aromatic N) is 2. The lowest BCUT2D eigenvalue weighted by molar-refractivity contribution is 0.360. The Balaban J connectivity index is 2.79. The highest BCUT2D eigenvalue weighted by Crippen LogP contribution is 2.30. The minimum Gasteiger partial charge on any atom is -0.480 e. The maximum atomic E-state index is 5.24.